The van der Waals surface area contributed by atoms with Crippen molar-refractivity contribution in [1.29, 1.82) is 0 Å². The second-order valence-corrected chi connectivity index (χ2v) is 8.48. The van der Waals surface area contributed by atoms with Crippen molar-refractivity contribution in [3.63, 3.8) is 0 Å². The lowest BCUT2D eigenvalue weighted by Gasteiger charge is -2.16. The summed E-state index contributed by atoms with van der Waals surface area (Å²) in [6.07, 6.45) is 3.43. The molecule has 0 fully saturated rings. The molecule has 0 bridgehead atoms. The van der Waals surface area contributed by atoms with Crippen molar-refractivity contribution in [2.45, 2.75) is 33.7 Å². The number of hydrogen-bond donors (Lipinski definition) is 2. The predicted octanol–water partition coefficient (Wildman–Crippen LogP) is 5.14. The molecule has 2 aromatic heterocycles. The molecule has 0 radical (unpaired) electrons. The Balaban J connectivity index is 1.57. The SMILES string of the molecule is C[C@@H](Nc1cnc2cc(-c3c[nH]nc3OC(=O)C(C)(C)C)ccc2n1)c1ccccc1. The lowest BCUT2D eigenvalue weighted by atomic mass is 9.97. The fourth-order valence-corrected chi connectivity index (χ4v) is 3.10. The Morgan fingerprint density at radius 2 is 1.87 bits per heavy atom. The number of H-pyrrole nitrogens is 1. The first kappa shape index (κ1) is 20.5. The van der Waals surface area contributed by atoms with Gasteiger partial charge in [-0.2, -0.15) is 0 Å². The van der Waals surface area contributed by atoms with Gasteiger partial charge in [0, 0.05) is 12.2 Å². The topological polar surface area (TPSA) is 92.8 Å². The highest BCUT2D eigenvalue weighted by atomic mass is 16.5. The highest BCUT2D eigenvalue weighted by Gasteiger charge is 2.26. The first-order valence-electron chi connectivity index (χ1n) is 10.2. The zero-order chi connectivity index (χ0) is 22.0. The standard InChI is InChI=1S/C24H25N5O2/c1-15(16-8-6-5-7-9-16)27-21-14-25-20-12-17(10-11-19(20)28-21)18-13-26-29-22(18)31-23(30)24(2,3)4/h5-15H,1-4H3,(H,26,29)(H,27,28)/t15-/m1/s1. The number of aromatic nitrogens is 4. The van der Waals surface area contributed by atoms with Gasteiger partial charge in [-0.1, -0.05) is 36.4 Å². The minimum absolute atomic E-state index is 0.109. The van der Waals surface area contributed by atoms with Crippen molar-refractivity contribution in [1.82, 2.24) is 20.2 Å². The van der Waals surface area contributed by atoms with Crippen LogP contribution in [0.4, 0.5) is 5.82 Å². The average Bonchev–Trinajstić information content (AvgIpc) is 3.21. The quantitative estimate of drug-likeness (QED) is 0.438. The minimum atomic E-state index is -0.620. The van der Waals surface area contributed by atoms with Crippen LogP contribution in [0.25, 0.3) is 22.2 Å². The number of aromatic amines is 1. The van der Waals surface area contributed by atoms with E-state index >= 15 is 0 Å². The van der Waals surface area contributed by atoms with E-state index in [1.807, 2.05) is 36.4 Å². The Kier molecular flexibility index (Phi) is 5.42. The van der Waals surface area contributed by atoms with Crippen LogP contribution < -0.4 is 10.1 Å². The van der Waals surface area contributed by atoms with Gasteiger partial charge in [-0.3, -0.25) is 14.9 Å². The number of hydrogen-bond acceptors (Lipinski definition) is 6. The van der Waals surface area contributed by atoms with E-state index in [4.69, 9.17) is 4.74 Å². The summed E-state index contributed by atoms with van der Waals surface area (Å²) < 4.78 is 5.49. The fourth-order valence-electron chi connectivity index (χ4n) is 3.10. The number of benzene rings is 2. The number of esters is 1. The number of anilines is 1. The summed E-state index contributed by atoms with van der Waals surface area (Å²) in [5.41, 5.74) is 3.60. The van der Waals surface area contributed by atoms with Crippen LogP contribution in [0.5, 0.6) is 5.88 Å². The third-order valence-electron chi connectivity index (χ3n) is 4.92. The van der Waals surface area contributed by atoms with Crippen molar-refractivity contribution in [3.05, 3.63) is 66.5 Å². The van der Waals surface area contributed by atoms with Gasteiger partial charge in [0.25, 0.3) is 0 Å². The summed E-state index contributed by atoms with van der Waals surface area (Å²) in [5, 5.41) is 10.3. The maximum atomic E-state index is 12.3. The van der Waals surface area contributed by atoms with Crippen LogP contribution in [-0.4, -0.2) is 26.1 Å². The minimum Gasteiger partial charge on any atom is -0.405 e. The van der Waals surface area contributed by atoms with E-state index in [0.717, 1.165) is 16.6 Å². The maximum absolute atomic E-state index is 12.3. The van der Waals surface area contributed by atoms with Gasteiger partial charge in [-0.05, 0) is 51.0 Å². The zero-order valence-corrected chi connectivity index (χ0v) is 18.0. The molecule has 0 saturated carbocycles. The number of nitrogens with one attached hydrogen (secondary N) is 2. The van der Waals surface area contributed by atoms with E-state index < -0.39 is 5.41 Å². The van der Waals surface area contributed by atoms with Gasteiger partial charge >= 0.3 is 5.97 Å². The molecule has 0 aliphatic carbocycles. The molecule has 4 rings (SSSR count). The molecule has 7 heteroatoms. The largest absolute Gasteiger partial charge is 0.405 e. The Hall–Kier alpha value is -3.74. The van der Waals surface area contributed by atoms with Crippen molar-refractivity contribution in [2.75, 3.05) is 5.32 Å². The molecule has 2 N–H and O–H groups in total. The molecule has 31 heavy (non-hydrogen) atoms. The predicted molar refractivity (Wildman–Crippen MR) is 121 cm³/mol. The van der Waals surface area contributed by atoms with Crippen molar-refractivity contribution >= 4 is 22.8 Å². The summed E-state index contributed by atoms with van der Waals surface area (Å²) in [6.45, 7) is 7.50. The van der Waals surface area contributed by atoms with E-state index in [2.05, 4.69) is 44.5 Å². The highest BCUT2D eigenvalue weighted by Crippen LogP contribution is 2.31. The Morgan fingerprint density at radius 1 is 1.10 bits per heavy atom. The lowest BCUT2D eigenvalue weighted by Crippen LogP contribution is -2.25. The second-order valence-electron chi connectivity index (χ2n) is 8.48. The Bertz CT molecular complexity index is 1210. The molecular formula is C24H25N5O2. The van der Waals surface area contributed by atoms with Gasteiger partial charge < -0.3 is 10.1 Å². The molecule has 2 aromatic carbocycles. The number of fused-ring (bicyclic) bond motifs is 1. The zero-order valence-electron chi connectivity index (χ0n) is 18.0. The summed E-state index contributed by atoms with van der Waals surface area (Å²) in [4.78, 5) is 21.5. The van der Waals surface area contributed by atoms with E-state index in [1.165, 1.54) is 5.56 Å². The maximum Gasteiger partial charge on any atom is 0.318 e. The van der Waals surface area contributed by atoms with E-state index in [-0.39, 0.29) is 17.9 Å². The van der Waals surface area contributed by atoms with Gasteiger partial charge in [0.15, 0.2) is 0 Å². The number of carbonyl (C=O) groups excluding carboxylic acids is 1. The third-order valence-corrected chi connectivity index (χ3v) is 4.92. The molecule has 1 atom stereocenters. The molecule has 158 valence electrons. The van der Waals surface area contributed by atoms with Gasteiger partial charge in [0.05, 0.1) is 28.2 Å². The van der Waals surface area contributed by atoms with Crippen LogP contribution >= 0.6 is 0 Å². The highest BCUT2D eigenvalue weighted by molar-refractivity contribution is 5.85. The molecule has 0 spiro atoms. The molecule has 0 aliphatic rings. The number of nitrogens with zero attached hydrogens (tertiary/aromatic N) is 3. The summed E-state index contributed by atoms with van der Waals surface area (Å²) in [7, 11) is 0. The molecule has 0 amide bonds. The molecule has 0 unspecified atom stereocenters. The van der Waals surface area contributed by atoms with Gasteiger partial charge in [-0.25, -0.2) is 4.98 Å². The normalized spacial score (nSPS) is 12.5. The van der Waals surface area contributed by atoms with E-state index in [1.54, 1.807) is 33.2 Å². The molecule has 0 saturated heterocycles. The van der Waals surface area contributed by atoms with Crippen LogP contribution in [-0.2, 0) is 4.79 Å². The van der Waals surface area contributed by atoms with E-state index in [0.29, 0.717) is 11.4 Å². The molecule has 0 aliphatic heterocycles. The monoisotopic (exact) mass is 415 g/mol. The molecular weight excluding hydrogens is 390 g/mol. The number of rotatable bonds is 5. The first-order valence-corrected chi connectivity index (χ1v) is 10.2. The van der Waals surface area contributed by atoms with Crippen LogP contribution in [0.1, 0.15) is 39.3 Å². The lowest BCUT2D eigenvalue weighted by molar-refractivity contribution is -0.143. The average molecular weight is 415 g/mol. The third kappa shape index (κ3) is 4.55. The van der Waals surface area contributed by atoms with Crippen molar-refractivity contribution in [2.24, 2.45) is 5.41 Å². The van der Waals surface area contributed by atoms with E-state index in [9.17, 15) is 4.79 Å². The first-order chi connectivity index (χ1) is 14.8. The summed E-state index contributed by atoms with van der Waals surface area (Å²) in [5.74, 6) is 0.617. The number of ether oxygens (including phenoxy) is 1. The second kappa shape index (κ2) is 8.18. The van der Waals surface area contributed by atoms with Crippen molar-refractivity contribution < 1.29 is 9.53 Å². The fraction of sp³-hybridized carbons (Fsp3) is 0.250. The van der Waals surface area contributed by atoms with Gasteiger partial charge in [0.2, 0.25) is 5.88 Å². The molecule has 4 aromatic rings. The van der Waals surface area contributed by atoms with Crippen LogP contribution in [0.15, 0.2) is 60.9 Å². The molecule has 7 nitrogen and oxygen atoms in total. The van der Waals surface area contributed by atoms with Crippen LogP contribution in [0, 0.1) is 5.41 Å². The summed E-state index contributed by atoms with van der Waals surface area (Å²) in [6, 6.07) is 16.0. The summed E-state index contributed by atoms with van der Waals surface area (Å²) >= 11 is 0. The van der Waals surface area contributed by atoms with Crippen LogP contribution in [0.3, 0.4) is 0 Å². The molecule has 2 heterocycles. The smallest absolute Gasteiger partial charge is 0.318 e. The Morgan fingerprint density at radius 3 is 2.61 bits per heavy atom. The van der Waals surface area contributed by atoms with Gasteiger partial charge in [0.1, 0.15) is 5.82 Å². The van der Waals surface area contributed by atoms with Crippen molar-refractivity contribution in [3.8, 4) is 17.0 Å². The Labute approximate surface area is 180 Å². The number of carbonyl (C=O) groups is 1. The van der Waals surface area contributed by atoms with Gasteiger partial charge in [-0.15, -0.1) is 5.10 Å². The van der Waals surface area contributed by atoms with Crippen LogP contribution in [0.2, 0.25) is 0 Å².